The summed E-state index contributed by atoms with van der Waals surface area (Å²) in [5.41, 5.74) is 0.310. The highest BCUT2D eigenvalue weighted by Crippen LogP contribution is 2.37. The molecule has 0 saturated heterocycles. The van der Waals surface area contributed by atoms with Crippen LogP contribution < -0.4 is 0 Å². The van der Waals surface area contributed by atoms with Gasteiger partial charge in [0.2, 0.25) is 0 Å². The monoisotopic (exact) mass is 292 g/mol. The Morgan fingerprint density at radius 1 is 1.30 bits per heavy atom. The lowest BCUT2D eigenvalue weighted by Crippen LogP contribution is -2.34. The lowest BCUT2D eigenvalue weighted by atomic mass is 9.73. The summed E-state index contributed by atoms with van der Waals surface area (Å²) in [4.78, 5) is 17.4. The van der Waals surface area contributed by atoms with Crippen LogP contribution in [0.2, 0.25) is 0 Å². The Balaban J connectivity index is 1.85. The summed E-state index contributed by atoms with van der Waals surface area (Å²) in [6.07, 6.45) is 11.7. The maximum absolute atomic E-state index is 11.9. The van der Waals surface area contributed by atoms with Crippen molar-refractivity contribution >= 4 is 22.3 Å². The Morgan fingerprint density at radius 3 is 2.65 bits per heavy atom. The molecule has 3 rings (SSSR count). The first-order chi connectivity index (χ1) is 9.70. The molecule has 4 nitrogen and oxygen atoms in total. The molecular weight excluding hydrogens is 272 g/mol. The van der Waals surface area contributed by atoms with Crippen LogP contribution in [0.3, 0.4) is 0 Å². The Kier molecular flexibility index (Phi) is 3.78. The van der Waals surface area contributed by atoms with E-state index in [1.165, 1.54) is 6.42 Å². The molecule has 1 aliphatic carbocycles. The van der Waals surface area contributed by atoms with Crippen LogP contribution in [0.5, 0.6) is 0 Å². The zero-order valence-corrected chi connectivity index (χ0v) is 12.4. The highest BCUT2D eigenvalue weighted by Gasteiger charge is 2.38. The summed E-state index contributed by atoms with van der Waals surface area (Å²) in [6, 6.07) is 0. The van der Waals surface area contributed by atoms with Crippen molar-refractivity contribution in [3.8, 4) is 0 Å². The van der Waals surface area contributed by atoms with Gasteiger partial charge in [-0.25, -0.2) is 4.98 Å². The molecule has 1 N–H and O–H groups in total. The molecular formula is C15H20N2O2S. The van der Waals surface area contributed by atoms with Crippen molar-refractivity contribution in [2.24, 2.45) is 5.41 Å². The van der Waals surface area contributed by atoms with Gasteiger partial charge in [-0.05, 0) is 12.8 Å². The molecule has 0 radical (unpaired) electrons. The minimum absolute atomic E-state index is 0.566. The number of hydrogen-bond donors (Lipinski definition) is 1. The molecule has 0 bridgehead atoms. The number of aromatic nitrogens is 2. The van der Waals surface area contributed by atoms with Crippen LogP contribution in [0.25, 0.3) is 4.96 Å². The molecule has 5 heteroatoms. The number of hydrogen-bond acceptors (Lipinski definition) is 3. The number of nitrogens with zero attached hydrogens (tertiary/aromatic N) is 2. The number of rotatable bonds is 3. The van der Waals surface area contributed by atoms with Crippen molar-refractivity contribution in [1.82, 2.24) is 9.38 Å². The summed E-state index contributed by atoms with van der Waals surface area (Å²) < 4.78 is 1.98. The molecule has 0 atom stereocenters. The van der Waals surface area contributed by atoms with Gasteiger partial charge in [-0.15, -0.1) is 11.3 Å². The predicted octanol–water partition coefficient (Wildman–Crippen LogP) is 3.75. The van der Waals surface area contributed by atoms with Crippen LogP contribution in [-0.4, -0.2) is 20.5 Å². The summed E-state index contributed by atoms with van der Waals surface area (Å²) in [6.45, 7) is 0. The van der Waals surface area contributed by atoms with Crippen molar-refractivity contribution in [2.45, 2.75) is 51.4 Å². The molecule has 1 aliphatic rings. The third-order valence-electron chi connectivity index (χ3n) is 4.43. The molecule has 1 saturated carbocycles. The van der Waals surface area contributed by atoms with E-state index in [1.54, 1.807) is 11.3 Å². The Bertz CT molecular complexity index is 565. The normalized spacial score (nSPS) is 19.6. The summed E-state index contributed by atoms with van der Waals surface area (Å²) in [5, 5.41) is 11.8. The zero-order valence-electron chi connectivity index (χ0n) is 11.5. The van der Waals surface area contributed by atoms with Gasteiger partial charge in [0.15, 0.2) is 4.96 Å². The molecule has 0 amide bonds. The number of carbonyl (C=O) groups is 1. The molecule has 0 unspecified atom stereocenters. The second-order valence-electron chi connectivity index (χ2n) is 5.86. The number of thiazole rings is 1. The first kappa shape index (κ1) is 13.6. The van der Waals surface area contributed by atoms with Gasteiger partial charge in [-0.1, -0.05) is 32.1 Å². The van der Waals surface area contributed by atoms with Crippen molar-refractivity contribution in [1.29, 1.82) is 0 Å². The largest absolute Gasteiger partial charge is 0.481 e. The van der Waals surface area contributed by atoms with E-state index in [0.717, 1.165) is 49.2 Å². The van der Waals surface area contributed by atoms with Crippen molar-refractivity contribution in [3.05, 3.63) is 23.5 Å². The first-order valence-corrected chi connectivity index (χ1v) is 8.22. The van der Waals surface area contributed by atoms with Crippen molar-refractivity contribution < 1.29 is 9.90 Å². The van der Waals surface area contributed by atoms with Gasteiger partial charge in [-0.3, -0.25) is 9.20 Å². The van der Waals surface area contributed by atoms with Crippen LogP contribution in [0.4, 0.5) is 0 Å². The molecule has 0 aliphatic heterocycles. The van der Waals surface area contributed by atoms with Crippen molar-refractivity contribution in [3.63, 3.8) is 0 Å². The number of carboxylic acid groups (broad SMARTS) is 1. The fourth-order valence-electron chi connectivity index (χ4n) is 3.26. The average molecular weight is 292 g/mol. The molecule has 20 heavy (non-hydrogen) atoms. The molecule has 2 heterocycles. The van der Waals surface area contributed by atoms with Gasteiger partial charge in [0.1, 0.15) is 0 Å². The van der Waals surface area contributed by atoms with Gasteiger partial charge in [0.25, 0.3) is 0 Å². The van der Waals surface area contributed by atoms with E-state index in [2.05, 4.69) is 4.98 Å². The maximum atomic E-state index is 11.9. The first-order valence-electron chi connectivity index (χ1n) is 7.34. The smallest absolute Gasteiger partial charge is 0.310 e. The van der Waals surface area contributed by atoms with Crippen LogP contribution >= 0.6 is 11.3 Å². The number of aliphatic carboxylic acids is 1. The maximum Gasteiger partial charge on any atom is 0.310 e. The van der Waals surface area contributed by atoms with Crippen LogP contribution in [0, 0.1) is 5.41 Å². The van der Waals surface area contributed by atoms with E-state index in [-0.39, 0.29) is 0 Å². The Hall–Kier alpha value is -1.36. The predicted molar refractivity (Wildman–Crippen MR) is 79.2 cm³/mol. The highest BCUT2D eigenvalue weighted by atomic mass is 32.1. The SMILES string of the molecule is O=C(O)C1(Cc2cn3ccsc3n2)CCCCCCC1. The van der Waals surface area contributed by atoms with Gasteiger partial charge in [-0.2, -0.15) is 0 Å². The van der Waals surface area contributed by atoms with E-state index < -0.39 is 11.4 Å². The van der Waals surface area contributed by atoms with E-state index in [4.69, 9.17) is 0 Å². The average Bonchev–Trinajstić information content (AvgIpc) is 2.92. The lowest BCUT2D eigenvalue weighted by molar-refractivity contribution is -0.150. The zero-order chi connectivity index (χ0) is 14.0. The van der Waals surface area contributed by atoms with Gasteiger partial charge in [0.05, 0.1) is 11.1 Å². The second-order valence-corrected chi connectivity index (χ2v) is 6.73. The molecule has 1 fully saturated rings. The van der Waals surface area contributed by atoms with Crippen LogP contribution in [0.1, 0.15) is 50.6 Å². The summed E-state index contributed by atoms with van der Waals surface area (Å²) in [5.74, 6) is -0.643. The Labute approximate surface area is 122 Å². The van der Waals surface area contributed by atoms with Crippen LogP contribution in [-0.2, 0) is 11.2 Å². The lowest BCUT2D eigenvalue weighted by Gasteiger charge is -2.30. The quantitative estimate of drug-likeness (QED) is 0.937. The second kappa shape index (κ2) is 5.56. The number of imidazole rings is 1. The summed E-state index contributed by atoms with van der Waals surface area (Å²) >= 11 is 1.59. The van der Waals surface area contributed by atoms with Crippen molar-refractivity contribution in [2.75, 3.05) is 0 Å². The third kappa shape index (κ3) is 2.59. The van der Waals surface area contributed by atoms with E-state index in [1.807, 2.05) is 22.2 Å². The summed E-state index contributed by atoms with van der Waals surface area (Å²) in [7, 11) is 0. The highest BCUT2D eigenvalue weighted by molar-refractivity contribution is 7.15. The van der Waals surface area contributed by atoms with Gasteiger partial charge in [0, 0.05) is 24.2 Å². The van der Waals surface area contributed by atoms with Crippen LogP contribution in [0.15, 0.2) is 17.8 Å². The minimum Gasteiger partial charge on any atom is -0.481 e. The molecule has 2 aromatic rings. The molecule has 0 spiro atoms. The standard InChI is InChI=1S/C15H20N2O2S/c18-13(19)15(6-4-2-1-3-5-7-15)10-12-11-17-8-9-20-14(17)16-12/h8-9,11H,1-7,10H2,(H,18,19). The minimum atomic E-state index is -0.643. The third-order valence-corrected chi connectivity index (χ3v) is 5.20. The van der Waals surface area contributed by atoms with Gasteiger partial charge >= 0.3 is 5.97 Å². The number of carboxylic acids is 1. The molecule has 2 aromatic heterocycles. The van der Waals surface area contributed by atoms with E-state index >= 15 is 0 Å². The molecule has 108 valence electrons. The molecule has 0 aromatic carbocycles. The topological polar surface area (TPSA) is 54.6 Å². The fourth-order valence-corrected chi connectivity index (χ4v) is 3.98. The fraction of sp³-hybridized carbons (Fsp3) is 0.600. The Morgan fingerprint density at radius 2 is 2.00 bits per heavy atom. The van der Waals surface area contributed by atoms with E-state index in [9.17, 15) is 9.90 Å². The number of fused-ring (bicyclic) bond motifs is 1. The van der Waals surface area contributed by atoms with E-state index in [0.29, 0.717) is 6.42 Å². The van der Waals surface area contributed by atoms with Gasteiger partial charge < -0.3 is 5.11 Å².